The maximum atomic E-state index is 13.2. The Morgan fingerprint density at radius 2 is 2.00 bits per heavy atom. The fraction of sp³-hybridized carbons (Fsp3) is 0.462. The van der Waals surface area contributed by atoms with Crippen LogP contribution in [0.4, 0.5) is 4.39 Å². The van der Waals surface area contributed by atoms with E-state index in [1.165, 1.54) is 6.07 Å². The van der Waals surface area contributed by atoms with E-state index in [0.29, 0.717) is 16.6 Å². The molecule has 0 spiro atoms. The van der Waals surface area contributed by atoms with Gasteiger partial charge in [0.15, 0.2) is 0 Å². The smallest absolute Gasteiger partial charge is 0.338 e. The Labute approximate surface area is 108 Å². The molecule has 1 atom stereocenters. The van der Waals surface area contributed by atoms with Crippen LogP contribution in [0.1, 0.15) is 37.0 Å². The van der Waals surface area contributed by atoms with Crippen LogP contribution in [0.5, 0.6) is 0 Å². The van der Waals surface area contributed by atoms with Crippen molar-refractivity contribution in [2.45, 2.75) is 31.6 Å². The Morgan fingerprint density at radius 1 is 1.39 bits per heavy atom. The fourth-order valence-electron chi connectivity index (χ4n) is 1.64. The molecule has 3 nitrogen and oxygen atoms in total. The zero-order valence-corrected chi connectivity index (χ0v) is 11.3. The first-order chi connectivity index (χ1) is 8.49. The minimum Gasteiger partial charge on any atom is -0.478 e. The molecule has 1 N–H and O–H groups in total. The largest absolute Gasteiger partial charge is 0.478 e. The molecule has 0 radical (unpaired) electrons. The SMILES string of the molecule is CCC(CC)CS(=O)c1ccc(F)c(C(=O)O)c1. The monoisotopic (exact) mass is 272 g/mol. The Kier molecular flexibility index (Phi) is 5.47. The van der Waals surface area contributed by atoms with Gasteiger partial charge in [-0.15, -0.1) is 0 Å². The minimum absolute atomic E-state index is 0.337. The predicted molar refractivity (Wildman–Crippen MR) is 68.7 cm³/mol. The summed E-state index contributed by atoms with van der Waals surface area (Å²) in [4.78, 5) is 11.2. The molecule has 0 fully saturated rings. The maximum Gasteiger partial charge on any atom is 0.338 e. The molecule has 0 aliphatic carbocycles. The number of hydrogen-bond acceptors (Lipinski definition) is 2. The van der Waals surface area contributed by atoms with Gasteiger partial charge in [0.05, 0.1) is 16.4 Å². The molecule has 1 unspecified atom stereocenters. The molecule has 0 saturated heterocycles. The third kappa shape index (κ3) is 3.63. The molecule has 5 heteroatoms. The molecule has 1 rings (SSSR count). The van der Waals surface area contributed by atoms with E-state index in [1.807, 2.05) is 13.8 Å². The average Bonchev–Trinajstić information content (AvgIpc) is 2.35. The van der Waals surface area contributed by atoms with Crippen LogP contribution in [-0.2, 0) is 10.8 Å². The topological polar surface area (TPSA) is 54.4 Å². The quantitative estimate of drug-likeness (QED) is 0.866. The Bertz CT molecular complexity index is 456. The number of hydrogen-bond donors (Lipinski definition) is 1. The van der Waals surface area contributed by atoms with E-state index in [9.17, 15) is 13.4 Å². The second-order valence-electron chi connectivity index (χ2n) is 4.14. The van der Waals surface area contributed by atoms with Crippen molar-refractivity contribution in [3.05, 3.63) is 29.6 Å². The van der Waals surface area contributed by atoms with Crippen LogP contribution in [0, 0.1) is 11.7 Å². The Hall–Kier alpha value is -1.23. The standard InChI is InChI=1S/C13H17FO3S/c1-3-9(4-2)8-18(17)10-5-6-12(14)11(7-10)13(15)16/h5-7,9H,3-4,8H2,1-2H3,(H,15,16). The molecule has 0 amide bonds. The van der Waals surface area contributed by atoms with Gasteiger partial charge in [-0.25, -0.2) is 9.18 Å². The van der Waals surface area contributed by atoms with Crippen LogP contribution in [0.2, 0.25) is 0 Å². The summed E-state index contributed by atoms with van der Waals surface area (Å²) in [6.45, 7) is 4.05. The number of aromatic carboxylic acids is 1. The van der Waals surface area contributed by atoms with E-state index in [2.05, 4.69) is 0 Å². The van der Waals surface area contributed by atoms with Crippen molar-refractivity contribution in [1.82, 2.24) is 0 Å². The van der Waals surface area contributed by atoms with Crippen LogP contribution in [-0.4, -0.2) is 21.0 Å². The number of carboxylic acids is 1. The van der Waals surface area contributed by atoms with Crippen molar-refractivity contribution in [3.63, 3.8) is 0 Å². The first kappa shape index (κ1) is 14.8. The summed E-state index contributed by atoms with van der Waals surface area (Å²) in [5, 5.41) is 8.81. The van der Waals surface area contributed by atoms with Crippen molar-refractivity contribution < 1.29 is 18.5 Å². The highest BCUT2D eigenvalue weighted by atomic mass is 32.2. The van der Waals surface area contributed by atoms with Gasteiger partial charge in [-0.1, -0.05) is 26.7 Å². The van der Waals surface area contributed by atoms with Gasteiger partial charge in [0.1, 0.15) is 5.82 Å². The van der Waals surface area contributed by atoms with E-state index in [-0.39, 0.29) is 0 Å². The van der Waals surface area contributed by atoms with Gasteiger partial charge in [0.25, 0.3) is 0 Å². The van der Waals surface area contributed by atoms with Crippen molar-refractivity contribution in [2.24, 2.45) is 5.92 Å². The first-order valence-electron chi connectivity index (χ1n) is 5.90. The van der Waals surface area contributed by atoms with Crippen molar-refractivity contribution in [1.29, 1.82) is 0 Å². The summed E-state index contributed by atoms with van der Waals surface area (Å²) in [5.74, 6) is -1.32. The lowest BCUT2D eigenvalue weighted by Crippen LogP contribution is -2.11. The number of benzene rings is 1. The first-order valence-corrected chi connectivity index (χ1v) is 7.22. The number of carboxylic acid groups (broad SMARTS) is 1. The number of rotatable bonds is 6. The number of halogens is 1. The lowest BCUT2D eigenvalue weighted by molar-refractivity contribution is 0.0691. The third-order valence-electron chi connectivity index (χ3n) is 2.97. The van der Waals surface area contributed by atoms with E-state index in [4.69, 9.17) is 5.11 Å². The van der Waals surface area contributed by atoms with E-state index in [0.717, 1.165) is 25.0 Å². The molecule has 0 heterocycles. The van der Waals surface area contributed by atoms with Crippen LogP contribution >= 0.6 is 0 Å². The Morgan fingerprint density at radius 3 is 2.50 bits per heavy atom. The van der Waals surface area contributed by atoms with Gasteiger partial charge < -0.3 is 5.11 Å². The Balaban J connectivity index is 2.93. The normalized spacial score (nSPS) is 12.7. The highest BCUT2D eigenvalue weighted by Gasteiger charge is 2.15. The molecule has 0 aliphatic heterocycles. The summed E-state index contributed by atoms with van der Waals surface area (Å²) in [7, 11) is -1.28. The van der Waals surface area contributed by atoms with Gasteiger partial charge in [-0.3, -0.25) is 4.21 Å². The van der Waals surface area contributed by atoms with Gasteiger partial charge in [0.2, 0.25) is 0 Å². The van der Waals surface area contributed by atoms with E-state index < -0.39 is 28.1 Å². The molecule has 0 bridgehead atoms. The fourth-order valence-corrected chi connectivity index (χ4v) is 3.21. The second-order valence-corrected chi connectivity index (χ2v) is 5.64. The van der Waals surface area contributed by atoms with E-state index in [1.54, 1.807) is 0 Å². The van der Waals surface area contributed by atoms with Crippen molar-refractivity contribution >= 4 is 16.8 Å². The molecular weight excluding hydrogens is 255 g/mol. The van der Waals surface area contributed by atoms with Gasteiger partial charge in [-0.2, -0.15) is 0 Å². The summed E-state index contributed by atoms with van der Waals surface area (Å²) in [6.07, 6.45) is 1.85. The van der Waals surface area contributed by atoms with Crippen LogP contribution in [0.3, 0.4) is 0 Å². The van der Waals surface area contributed by atoms with Crippen molar-refractivity contribution in [3.8, 4) is 0 Å². The molecule has 18 heavy (non-hydrogen) atoms. The average molecular weight is 272 g/mol. The van der Waals surface area contributed by atoms with Crippen LogP contribution in [0.25, 0.3) is 0 Å². The van der Waals surface area contributed by atoms with Crippen LogP contribution < -0.4 is 0 Å². The van der Waals surface area contributed by atoms with Crippen LogP contribution in [0.15, 0.2) is 23.1 Å². The lowest BCUT2D eigenvalue weighted by atomic mass is 10.1. The second kappa shape index (κ2) is 6.64. The molecule has 1 aromatic rings. The lowest BCUT2D eigenvalue weighted by Gasteiger charge is -2.11. The molecule has 0 aliphatic rings. The molecule has 100 valence electrons. The van der Waals surface area contributed by atoms with E-state index >= 15 is 0 Å². The van der Waals surface area contributed by atoms with Gasteiger partial charge in [0, 0.05) is 10.6 Å². The summed E-state index contributed by atoms with van der Waals surface area (Å²) in [6, 6.07) is 3.61. The zero-order valence-electron chi connectivity index (χ0n) is 10.5. The predicted octanol–water partition coefficient (Wildman–Crippen LogP) is 3.07. The maximum absolute atomic E-state index is 13.2. The van der Waals surface area contributed by atoms with Gasteiger partial charge in [-0.05, 0) is 24.1 Å². The molecular formula is C13H17FO3S. The molecule has 1 aromatic carbocycles. The summed E-state index contributed by atoms with van der Waals surface area (Å²) >= 11 is 0. The highest BCUT2D eigenvalue weighted by Crippen LogP contribution is 2.18. The molecule has 0 saturated carbocycles. The third-order valence-corrected chi connectivity index (χ3v) is 4.53. The zero-order chi connectivity index (χ0) is 13.7. The summed E-state index contributed by atoms with van der Waals surface area (Å²) < 4.78 is 25.3. The van der Waals surface area contributed by atoms with Crippen molar-refractivity contribution in [2.75, 3.05) is 5.75 Å². The summed E-state index contributed by atoms with van der Waals surface area (Å²) in [5.41, 5.74) is -0.426. The van der Waals surface area contributed by atoms with Gasteiger partial charge >= 0.3 is 5.97 Å². The highest BCUT2D eigenvalue weighted by molar-refractivity contribution is 7.85. The number of carbonyl (C=O) groups is 1. The molecule has 0 aromatic heterocycles. The minimum atomic E-state index is -1.34.